The molecule has 1 unspecified atom stereocenters. The molecule has 2 rings (SSSR count). The van der Waals surface area contributed by atoms with Crippen LogP contribution in [-0.4, -0.2) is 29.3 Å². The third-order valence-corrected chi connectivity index (χ3v) is 3.05. The molecule has 0 N–H and O–H groups in total. The zero-order chi connectivity index (χ0) is 13.2. The number of hydrogen-bond acceptors (Lipinski definition) is 6. The maximum Gasteiger partial charge on any atom is 0.321 e. The SMILES string of the molecule is CCOC(=O)C1(c2nc(C(C)OCC)no2)CC1. The summed E-state index contributed by atoms with van der Waals surface area (Å²) >= 11 is 0. The van der Waals surface area contributed by atoms with E-state index < -0.39 is 5.41 Å². The number of carbonyl (C=O) groups is 1. The highest BCUT2D eigenvalue weighted by Crippen LogP contribution is 2.48. The molecule has 1 fully saturated rings. The van der Waals surface area contributed by atoms with Crippen LogP contribution in [0, 0.1) is 0 Å². The maximum absolute atomic E-state index is 11.9. The van der Waals surface area contributed by atoms with Crippen LogP contribution in [0.4, 0.5) is 0 Å². The van der Waals surface area contributed by atoms with Gasteiger partial charge in [-0.15, -0.1) is 0 Å². The fourth-order valence-corrected chi connectivity index (χ4v) is 1.82. The van der Waals surface area contributed by atoms with Gasteiger partial charge in [0.05, 0.1) is 6.61 Å². The van der Waals surface area contributed by atoms with Crippen molar-refractivity contribution in [1.29, 1.82) is 0 Å². The van der Waals surface area contributed by atoms with Crippen molar-refractivity contribution in [3.63, 3.8) is 0 Å². The van der Waals surface area contributed by atoms with Crippen molar-refractivity contribution in [2.75, 3.05) is 13.2 Å². The molecule has 0 spiro atoms. The molecule has 100 valence electrons. The molecule has 0 bridgehead atoms. The van der Waals surface area contributed by atoms with E-state index in [1.807, 2.05) is 13.8 Å². The van der Waals surface area contributed by atoms with E-state index in [-0.39, 0.29) is 12.1 Å². The van der Waals surface area contributed by atoms with Gasteiger partial charge in [0.25, 0.3) is 0 Å². The molecule has 0 radical (unpaired) electrons. The highest BCUT2D eigenvalue weighted by molar-refractivity contribution is 5.85. The fraction of sp³-hybridized carbons (Fsp3) is 0.750. The van der Waals surface area contributed by atoms with Crippen molar-refractivity contribution >= 4 is 5.97 Å². The third kappa shape index (κ3) is 2.25. The molecule has 0 aromatic carbocycles. The van der Waals surface area contributed by atoms with Gasteiger partial charge in [-0.2, -0.15) is 4.98 Å². The Morgan fingerprint density at radius 3 is 2.72 bits per heavy atom. The first kappa shape index (κ1) is 13.0. The largest absolute Gasteiger partial charge is 0.465 e. The second-order valence-electron chi connectivity index (χ2n) is 4.36. The Morgan fingerprint density at radius 1 is 1.44 bits per heavy atom. The van der Waals surface area contributed by atoms with Gasteiger partial charge in [0, 0.05) is 6.61 Å². The first-order valence-electron chi connectivity index (χ1n) is 6.27. The Morgan fingerprint density at radius 2 is 2.17 bits per heavy atom. The number of aromatic nitrogens is 2. The molecule has 18 heavy (non-hydrogen) atoms. The monoisotopic (exact) mass is 254 g/mol. The number of ether oxygens (including phenoxy) is 2. The summed E-state index contributed by atoms with van der Waals surface area (Å²) in [5, 5.41) is 3.86. The predicted octanol–water partition coefficient (Wildman–Crippen LogP) is 1.76. The van der Waals surface area contributed by atoms with Crippen molar-refractivity contribution in [2.45, 2.75) is 45.1 Å². The van der Waals surface area contributed by atoms with Crippen LogP contribution in [0.5, 0.6) is 0 Å². The van der Waals surface area contributed by atoms with E-state index in [1.54, 1.807) is 6.92 Å². The Kier molecular flexibility index (Phi) is 3.65. The third-order valence-electron chi connectivity index (χ3n) is 3.05. The summed E-state index contributed by atoms with van der Waals surface area (Å²) in [6.07, 6.45) is 1.18. The molecule has 1 heterocycles. The van der Waals surface area contributed by atoms with E-state index in [0.29, 0.717) is 37.8 Å². The van der Waals surface area contributed by atoms with Crippen molar-refractivity contribution in [3.05, 3.63) is 11.7 Å². The van der Waals surface area contributed by atoms with E-state index in [2.05, 4.69) is 10.1 Å². The molecule has 1 saturated carbocycles. The van der Waals surface area contributed by atoms with Gasteiger partial charge in [-0.05, 0) is 33.6 Å². The molecule has 6 nitrogen and oxygen atoms in total. The lowest BCUT2D eigenvalue weighted by Gasteiger charge is -2.08. The highest BCUT2D eigenvalue weighted by atomic mass is 16.5. The zero-order valence-corrected chi connectivity index (χ0v) is 10.9. The van der Waals surface area contributed by atoms with Crippen molar-refractivity contribution < 1.29 is 18.8 Å². The molecule has 1 aromatic heterocycles. The number of hydrogen-bond donors (Lipinski definition) is 0. The molecular formula is C12H18N2O4. The normalized spacial score (nSPS) is 18.4. The summed E-state index contributed by atoms with van der Waals surface area (Å²) in [6, 6.07) is 0. The Hall–Kier alpha value is -1.43. The second kappa shape index (κ2) is 5.06. The summed E-state index contributed by atoms with van der Waals surface area (Å²) < 4.78 is 15.6. The second-order valence-corrected chi connectivity index (χ2v) is 4.36. The van der Waals surface area contributed by atoms with Crippen LogP contribution < -0.4 is 0 Å². The van der Waals surface area contributed by atoms with Crippen LogP contribution in [0.15, 0.2) is 4.52 Å². The van der Waals surface area contributed by atoms with Gasteiger partial charge in [-0.3, -0.25) is 4.79 Å². The summed E-state index contributed by atoms with van der Waals surface area (Å²) in [5.41, 5.74) is -0.701. The number of nitrogens with zero attached hydrogens (tertiary/aromatic N) is 2. The number of carbonyl (C=O) groups excluding carboxylic acids is 1. The van der Waals surface area contributed by atoms with Gasteiger partial charge in [-0.1, -0.05) is 5.16 Å². The number of esters is 1. The first-order valence-corrected chi connectivity index (χ1v) is 6.27. The van der Waals surface area contributed by atoms with Gasteiger partial charge in [0.2, 0.25) is 5.89 Å². The Bertz CT molecular complexity index is 425. The summed E-state index contributed by atoms with van der Waals surface area (Å²) in [5.74, 6) is 0.550. The van der Waals surface area contributed by atoms with E-state index in [1.165, 1.54) is 0 Å². The Balaban J connectivity index is 2.12. The van der Waals surface area contributed by atoms with Gasteiger partial charge in [0.15, 0.2) is 5.82 Å². The smallest absolute Gasteiger partial charge is 0.321 e. The molecule has 1 aliphatic rings. The van der Waals surface area contributed by atoms with E-state index >= 15 is 0 Å². The maximum atomic E-state index is 11.9. The molecule has 0 saturated heterocycles. The average molecular weight is 254 g/mol. The fourth-order valence-electron chi connectivity index (χ4n) is 1.82. The molecule has 0 aliphatic heterocycles. The van der Waals surface area contributed by atoms with Crippen molar-refractivity contribution in [3.8, 4) is 0 Å². The highest BCUT2D eigenvalue weighted by Gasteiger charge is 2.57. The zero-order valence-electron chi connectivity index (χ0n) is 10.9. The van der Waals surface area contributed by atoms with E-state index in [9.17, 15) is 4.79 Å². The minimum atomic E-state index is -0.701. The lowest BCUT2D eigenvalue weighted by atomic mass is 10.1. The van der Waals surface area contributed by atoms with Crippen LogP contribution in [0.1, 0.15) is 51.4 Å². The van der Waals surface area contributed by atoms with Gasteiger partial charge >= 0.3 is 5.97 Å². The molecular weight excluding hydrogens is 236 g/mol. The molecule has 1 atom stereocenters. The Labute approximate surface area is 106 Å². The van der Waals surface area contributed by atoms with Crippen LogP contribution in [0.3, 0.4) is 0 Å². The van der Waals surface area contributed by atoms with Crippen molar-refractivity contribution in [2.24, 2.45) is 0 Å². The molecule has 1 aliphatic carbocycles. The minimum absolute atomic E-state index is 0.231. The predicted molar refractivity (Wildman–Crippen MR) is 61.9 cm³/mol. The van der Waals surface area contributed by atoms with Crippen LogP contribution in [0.25, 0.3) is 0 Å². The summed E-state index contributed by atoms with van der Waals surface area (Å²) in [7, 11) is 0. The molecule has 6 heteroatoms. The summed E-state index contributed by atoms with van der Waals surface area (Å²) in [6.45, 7) is 6.47. The van der Waals surface area contributed by atoms with Crippen LogP contribution in [-0.2, 0) is 19.7 Å². The molecule has 0 amide bonds. The van der Waals surface area contributed by atoms with Crippen molar-refractivity contribution in [1.82, 2.24) is 10.1 Å². The van der Waals surface area contributed by atoms with Gasteiger partial charge < -0.3 is 14.0 Å². The molecule has 1 aromatic rings. The van der Waals surface area contributed by atoms with E-state index in [4.69, 9.17) is 14.0 Å². The lowest BCUT2D eigenvalue weighted by Crippen LogP contribution is -2.23. The lowest BCUT2D eigenvalue weighted by molar-refractivity contribution is -0.146. The average Bonchev–Trinajstić information content (AvgIpc) is 3.01. The summed E-state index contributed by atoms with van der Waals surface area (Å²) in [4.78, 5) is 16.1. The van der Waals surface area contributed by atoms with Crippen LogP contribution >= 0.6 is 0 Å². The van der Waals surface area contributed by atoms with Gasteiger partial charge in [0.1, 0.15) is 11.5 Å². The minimum Gasteiger partial charge on any atom is -0.465 e. The standard InChI is InChI=1S/C12H18N2O4/c1-4-16-8(3)9-13-10(18-14-9)12(6-7-12)11(15)17-5-2/h8H,4-7H2,1-3H3. The number of rotatable bonds is 6. The van der Waals surface area contributed by atoms with Gasteiger partial charge in [-0.25, -0.2) is 0 Å². The topological polar surface area (TPSA) is 74.5 Å². The van der Waals surface area contributed by atoms with E-state index in [0.717, 1.165) is 0 Å². The quantitative estimate of drug-likeness (QED) is 0.720. The van der Waals surface area contributed by atoms with Crippen LogP contribution in [0.2, 0.25) is 0 Å². The first-order chi connectivity index (χ1) is 8.64.